The molecule has 0 radical (unpaired) electrons. The molecule has 0 spiro atoms. The first kappa shape index (κ1) is 8.42. The molecule has 1 aromatic carbocycles. The van der Waals surface area contributed by atoms with Crippen LogP contribution in [0.2, 0.25) is 0 Å². The highest BCUT2D eigenvalue weighted by Gasteiger charge is 2.12. The van der Waals surface area contributed by atoms with Gasteiger partial charge in [0.15, 0.2) is 0 Å². The van der Waals surface area contributed by atoms with Crippen molar-refractivity contribution in [3.8, 4) is 0 Å². The van der Waals surface area contributed by atoms with Gasteiger partial charge in [-0.05, 0) is 23.5 Å². The second kappa shape index (κ2) is 3.06. The van der Waals surface area contributed by atoms with Crippen LogP contribution < -0.4 is 0 Å². The van der Waals surface area contributed by atoms with Crippen LogP contribution in [0.5, 0.6) is 0 Å². The Hall–Kier alpha value is -1.89. The van der Waals surface area contributed by atoms with Gasteiger partial charge in [-0.3, -0.25) is 4.98 Å². The summed E-state index contributed by atoms with van der Waals surface area (Å²) in [4.78, 5) is 4.45. The topological polar surface area (TPSA) is 12.9 Å². The van der Waals surface area contributed by atoms with Gasteiger partial charge in [0.1, 0.15) is 0 Å². The van der Waals surface area contributed by atoms with E-state index in [1.807, 2.05) is 12.3 Å². The molecule has 0 unspecified atom stereocenters. The molecule has 15 heavy (non-hydrogen) atoms. The van der Waals surface area contributed by atoms with Gasteiger partial charge in [-0.2, -0.15) is 0 Å². The summed E-state index contributed by atoms with van der Waals surface area (Å²) in [7, 11) is 0. The molecule has 72 valence electrons. The average Bonchev–Trinajstić information content (AvgIpc) is 2.29. The summed E-state index contributed by atoms with van der Waals surface area (Å²) >= 11 is 0. The summed E-state index contributed by atoms with van der Waals surface area (Å²) in [5.74, 6) is 0. The zero-order valence-corrected chi connectivity index (χ0v) is 8.40. The Morgan fingerprint density at radius 2 is 2.07 bits per heavy atom. The maximum Gasteiger partial charge on any atom is 0.0708 e. The van der Waals surface area contributed by atoms with E-state index in [1.54, 1.807) is 0 Å². The van der Waals surface area contributed by atoms with Crippen molar-refractivity contribution in [1.82, 2.24) is 4.98 Å². The Morgan fingerprint density at radius 1 is 1.20 bits per heavy atom. The molecule has 1 heteroatoms. The molecule has 0 saturated carbocycles. The molecule has 0 aliphatic heterocycles. The molecule has 2 aromatic rings. The van der Waals surface area contributed by atoms with Crippen LogP contribution in [0.15, 0.2) is 43.1 Å². The standard InChI is InChI=1S/C14H11N/c1-10-5-4-8-13-14(10)12-7-3-2-6-11(12)9-15-13/h2-4,6-9H,1,5H2. The Bertz CT molecular complexity index is 579. The number of aromatic nitrogens is 1. The van der Waals surface area contributed by atoms with Crippen LogP contribution in [0.3, 0.4) is 0 Å². The second-order valence-corrected chi connectivity index (χ2v) is 3.82. The number of hydrogen-bond acceptors (Lipinski definition) is 1. The molecule has 0 fully saturated rings. The molecule has 0 atom stereocenters. The minimum atomic E-state index is 0.933. The smallest absolute Gasteiger partial charge is 0.0708 e. The van der Waals surface area contributed by atoms with Crippen molar-refractivity contribution in [3.63, 3.8) is 0 Å². The predicted molar refractivity (Wildman–Crippen MR) is 64.4 cm³/mol. The number of rotatable bonds is 0. The van der Waals surface area contributed by atoms with Crippen molar-refractivity contribution in [1.29, 1.82) is 0 Å². The number of fused-ring (bicyclic) bond motifs is 3. The lowest BCUT2D eigenvalue weighted by Gasteiger charge is -2.14. The molecule has 0 N–H and O–H groups in total. The summed E-state index contributed by atoms with van der Waals surface area (Å²) in [6.07, 6.45) is 7.06. The molecule has 3 rings (SSSR count). The zero-order chi connectivity index (χ0) is 10.3. The van der Waals surface area contributed by atoms with Crippen LogP contribution in [0.4, 0.5) is 0 Å². The van der Waals surface area contributed by atoms with E-state index in [-0.39, 0.29) is 0 Å². The number of pyridine rings is 1. The quantitative estimate of drug-likeness (QED) is 0.622. The lowest BCUT2D eigenvalue weighted by atomic mass is 9.93. The third kappa shape index (κ3) is 1.20. The Balaban J connectivity index is 2.47. The van der Waals surface area contributed by atoms with Crippen molar-refractivity contribution in [2.24, 2.45) is 0 Å². The number of hydrogen-bond donors (Lipinski definition) is 0. The molecular weight excluding hydrogens is 182 g/mol. The first-order valence-corrected chi connectivity index (χ1v) is 5.09. The van der Waals surface area contributed by atoms with Crippen LogP contribution >= 0.6 is 0 Å². The van der Waals surface area contributed by atoms with Crippen LogP contribution in [0.25, 0.3) is 22.4 Å². The highest BCUT2D eigenvalue weighted by Crippen LogP contribution is 2.32. The fourth-order valence-corrected chi connectivity index (χ4v) is 2.09. The van der Waals surface area contributed by atoms with E-state index in [0.29, 0.717) is 0 Å². The second-order valence-electron chi connectivity index (χ2n) is 3.82. The van der Waals surface area contributed by atoms with Gasteiger partial charge in [0, 0.05) is 17.1 Å². The molecule has 1 heterocycles. The van der Waals surface area contributed by atoms with Gasteiger partial charge in [-0.1, -0.05) is 36.9 Å². The van der Waals surface area contributed by atoms with Crippen LogP contribution in [-0.4, -0.2) is 4.98 Å². The summed E-state index contributed by atoms with van der Waals surface area (Å²) in [6, 6.07) is 8.33. The lowest BCUT2D eigenvalue weighted by molar-refractivity contribution is 1.26. The van der Waals surface area contributed by atoms with Gasteiger partial charge in [0.05, 0.1) is 5.69 Å². The summed E-state index contributed by atoms with van der Waals surface area (Å²) < 4.78 is 0. The van der Waals surface area contributed by atoms with Crippen LogP contribution in [-0.2, 0) is 0 Å². The molecule has 1 aliphatic carbocycles. The monoisotopic (exact) mass is 193 g/mol. The highest BCUT2D eigenvalue weighted by atomic mass is 14.7. The normalized spacial score (nSPS) is 14.3. The molecule has 0 saturated heterocycles. The van der Waals surface area contributed by atoms with E-state index < -0.39 is 0 Å². The SMILES string of the molecule is C=C1CC=Cc2ncc3ccccc3c21. The van der Waals surface area contributed by atoms with E-state index >= 15 is 0 Å². The van der Waals surface area contributed by atoms with Crippen molar-refractivity contribution in [2.45, 2.75) is 6.42 Å². The maximum atomic E-state index is 4.45. The first-order chi connectivity index (χ1) is 7.36. The average molecular weight is 193 g/mol. The highest BCUT2D eigenvalue weighted by molar-refractivity contribution is 5.97. The fraction of sp³-hybridized carbons (Fsp3) is 0.0714. The van der Waals surface area contributed by atoms with Gasteiger partial charge < -0.3 is 0 Å². The van der Waals surface area contributed by atoms with Gasteiger partial charge in [-0.25, -0.2) is 0 Å². The molecule has 1 aliphatic rings. The van der Waals surface area contributed by atoms with Crippen molar-refractivity contribution >= 4 is 22.4 Å². The fourth-order valence-electron chi connectivity index (χ4n) is 2.09. The zero-order valence-electron chi connectivity index (χ0n) is 8.40. The molecule has 0 amide bonds. The van der Waals surface area contributed by atoms with Gasteiger partial charge >= 0.3 is 0 Å². The van der Waals surface area contributed by atoms with Crippen molar-refractivity contribution in [2.75, 3.05) is 0 Å². The molecule has 1 aromatic heterocycles. The van der Waals surface area contributed by atoms with Gasteiger partial charge in [0.25, 0.3) is 0 Å². The summed E-state index contributed by atoms with van der Waals surface area (Å²) in [5.41, 5.74) is 3.43. The minimum absolute atomic E-state index is 0.933. The number of benzene rings is 1. The number of allylic oxidation sites excluding steroid dienone is 2. The van der Waals surface area contributed by atoms with Gasteiger partial charge in [-0.15, -0.1) is 0 Å². The van der Waals surface area contributed by atoms with E-state index in [2.05, 4.69) is 41.9 Å². The van der Waals surface area contributed by atoms with E-state index in [4.69, 9.17) is 0 Å². The Labute approximate surface area is 88.8 Å². The lowest BCUT2D eigenvalue weighted by Crippen LogP contribution is -1.96. The van der Waals surface area contributed by atoms with E-state index in [1.165, 1.54) is 16.3 Å². The minimum Gasteiger partial charge on any atom is -0.256 e. The van der Waals surface area contributed by atoms with Crippen molar-refractivity contribution < 1.29 is 0 Å². The predicted octanol–water partition coefficient (Wildman–Crippen LogP) is 3.66. The largest absolute Gasteiger partial charge is 0.256 e. The van der Waals surface area contributed by atoms with Crippen LogP contribution in [0, 0.1) is 0 Å². The Morgan fingerprint density at radius 3 is 3.00 bits per heavy atom. The molecule has 0 bridgehead atoms. The molecular formula is C14H11N. The number of nitrogens with zero attached hydrogens (tertiary/aromatic N) is 1. The summed E-state index contributed by atoms with van der Waals surface area (Å²) in [6.45, 7) is 4.11. The van der Waals surface area contributed by atoms with Gasteiger partial charge in [0.2, 0.25) is 0 Å². The van der Waals surface area contributed by atoms with Crippen molar-refractivity contribution in [3.05, 3.63) is 54.4 Å². The third-order valence-electron chi connectivity index (χ3n) is 2.82. The van der Waals surface area contributed by atoms with E-state index in [9.17, 15) is 0 Å². The van der Waals surface area contributed by atoms with E-state index in [0.717, 1.165) is 17.7 Å². The summed E-state index contributed by atoms with van der Waals surface area (Å²) in [5, 5.41) is 2.45. The first-order valence-electron chi connectivity index (χ1n) is 5.09. The molecule has 1 nitrogen and oxygen atoms in total. The Kier molecular flexibility index (Phi) is 1.72. The maximum absolute atomic E-state index is 4.45. The van der Waals surface area contributed by atoms with Crippen LogP contribution in [0.1, 0.15) is 17.7 Å². The third-order valence-corrected chi connectivity index (χ3v) is 2.82.